The van der Waals surface area contributed by atoms with Gasteiger partial charge in [-0.2, -0.15) is 13.2 Å². The molecule has 0 aliphatic rings. The average Bonchev–Trinajstić information content (AvgIpc) is 2.86. The molecule has 0 fully saturated rings. The maximum absolute atomic E-state index is 15.0. The molecule has 4 rings (SSSR count). The zero-order chi connectivity index (χ0) is 26.7. The predicted molar refractivity (Wildman–Crippen MR) is 126 cm³/mol. The number of para-hydroxylation sites is 1. The number of aryl methyl sites for hydroxylation is 1. The van der Waals surface area contributed by atoms with Gasteiger partial charge in [-0.05, 0) is 42.3 Å². The molecule has 4 nitrogen and oxygen atoms in total. The van der Waals surface area contributed by atoms with Crippen molar-refractivity contribution >= 4 is 16.8 Å². The van der Waals surface area contributed by atoms with Crippen molar-refractivity contribution in [1.29, 1.82) is 0 Å². The Balaban J connectivity index is 1.62. The van der Waals surface area contributed by atoms with Crippen LogP contribution in [-0.2, 0) is 6.18 Å². The quantitative estimate of drug-likeness (QED) is 0.255. The first-order valence-corrected chi connectivity index (χ1v) is 11.1. The Bertz CT molecular complexity index is 1440. The molecule has 1 aromatic heterocycles. The van der Waals surface area contributed by atoms with Crippen LogP contribution in [0.4, 0.5) is 26.3 Å². The number of nitrogens with zero attached hydrogens (tertiary/aromatic N) is 1. The Kier molecular flexibility index (Phi) is 7.37. The van der Waals surface area contributed by atoms with Gasteiger partial charge in [0, 0.05) is 10.9 Å². The number of pyridine rings is 1. The van der Waals surface area contributed by atoms with Gasteiger partial charge in [0.15, 0.2) is 5.75 Å². The van der Waals surface area contributed by atoms with Crippen molar-refractivity contribution in [3.05, 3.63) is 101 Å². The van der Waals surface area contributed by atoms with Gasteiger partial charge < -0.3 is 10.1 Å². The van der Waals surface area contributed by atoms with Gasteiger partial charge in [-0.15, -0.1) is 0 Å². The van der Waals surface area contributed by atoms with Crippen molar-refractivity contribution in [2.75, 3.05) is 6.54 Å². The maximum Gasteiger partial charge on any atom is 0.416 e. The van der Waals surface area contributed by atoms with Gasteiger partial charge in [-0.3, -0.25) is 9.78 Å². The molecule has 3 aromatic carbocycles. The summed E-state index contributed by atoms with van der Waals surface area (Å²) in [5.74, 6) is -1.03. The zero-order valence-electron chi connectivity index (χ0n) is 19.3. The molecule has 0 radical (unpaired) electrons. The van der Waals surface area contributed by atoms with Crippen molar-refractivity contribution in [2.45, 2.75) is 25.7 Å². The number of aromatic nitrogens is 1. The summed E-state index contributed by atoms with van der Waals surface area (Å²) in [5, 5.41) is 2.81. The van der Waals surface area contributed by atoms with Crippen molar-refractivity contribution < 1.29 is 35.9 Å². The van der Waals surface area contributed by atoms with E-state index < -0.39 is 36.8 Å². The molecular formula is C27H20F6N2O2. The van der Waals surface area contributed by atoms with Gasteiger partial charge in [0.25, 0.3) is 12.3 Å². The minimum absolute atomic E-state index is 0.0417. The molecule has 0 bridgehead atoms. The molecular weight excluding hydrogens is 498 g/mol. The van der Waals surface area contributed by atoms with Crippen molar-refractivity contribution in [3.63, 3.8) is 0 Å². The third kappa shape index (κ3) is 5.84. The minimum atomic E-state index is -4.59. The molecule has 0 unspecified atom stereocenters. The van der Waals surface area contributed by atoms with E-state index in [1.54, 1.807) is 24.3 Å². The molecule has 192 valence electrons. The SMILES string of the molecule is Cc1cc(C(F)F)ccc1[C@@H](F)CNC(=O)c1c(Oc2cccc(C(F)(F)F)c2)cnc2ccccc12. The smallest absolute Gasteiger partial charge is 0.416 e. The lowest BCUT2D eigenvalue weighted by molar-refractivity contribution is -0.137. The highest BCUT2D eigenvalue weighted by atomic mass is 19.4. The van der Waals surface area contributed by atoms with E-state index in [9.17, 15) is 31.1 Å². The number of ether oxygens (including phenoxy) is 1. The molecule has 1 amide bonds. The highest BCUT2D eigenvalue weighted by Crippen LogP contribution is 2.35. The van der Waals surface area contributed by atoms with Gasteiger partial charge in [0.2, 0.25) is 0 Å². The second kappa shape index (κ2) is 10.5. The number of halogens is 6. The van der Waals surface area contributed by atoms with E-state index in [1.165, 1.54) is 37.4 Å². The van der Waals surface area contributed by atoms with Crippen LogP contribution in [0.5, 0.6) is 11.5 Å². The summed E-state index contributed by atoms with van der Waals surface area (Å²) in [6.45, 7) is 1.01. The molecule has 37 heavy (non-hydrogen) atoms. The van der Waals surface area contributed by atoms with Crippen LogP contribution in [0, 0.1) is 6.92 Å². The number of hydrogen-bond acceptors (Lipinski definition) is 3. The standard InChI is InChI=1S/C27H20F6N2O2/c1-15-11-16(25(29)30)9-10-19(15)21(28)13-35-26(36)24-20-7-2-3-8-22(20)34-14-23(24)37-18-6-4-5-17(12-18)27(31,32)33/h2-12,14,21,25H,13H2,1H3,(H,35,36)/t21-/m0/s1. The monoisotopic (exact) mass is 518 g/mol. The van der Waals surface area contributed by atoms with Crippen LogP contribution < -0.4 is 10.1 Å². The number of alkyl halides is 6. The number of carbonyl (C=O) groups excluding carboxylic acids is 1. The normalized spacial score (nSPS) is 12.5. The number of nitrogens with one attached hydrogen (secondary N) is 1. The lowest BCUT2D eigenvalue weighted by Crippen LogP contribution is -2.28. The fourth-order valence-corrected chi connectivity index (χ4v) is 3.86. The Hall–Kier alpha value is -4.08. The molecule has 1 heterocycles. The lowest BCUT2D eigenvalue weighted by atomic mass is 10.0. The zero-order valence-corrected chi connectivity index (χ0v) is 19.3. The van der Waals surface area contributed by atoms with Crippen molar-refractivity contribution in [2.24, 2.45) is 0 Å². The molecule has 10 heteroatoms. The van der Waals surface area contributed by atoms with Crippen LogP contribution in [0.25, 0.3) is 10.9 Å². The van der Waals surface area contributed by atoms with E-state index in [1.807, 2.05) is 0 Å². The molecule has 0 aliphatic carbocycles. The molecule has 1 atom stereocenters. The van der Waals surface area contributed by atoms with E-state index in [0.29, 0.717) is 16.5 Å². The van der Waals surface area contributed by atoms with Gasteiger partial charge in [0.1, 0.15) is 11.9 Å². The second-order valence-electron chi connectivity index (χ2n) is 8.24. The van der Waals surface area contributed by atoms with Crippen molar-refractivity contribution in [1.82, 2.24) is 10.3 Å². The first-order valence-electron chi connectivity index (χ1n) is 11.1. The largest absolute Gasteiger partial charge is 0.455 e. The summed E-state index contributed by atoms with van der Waals surface area (Å²) < 4.78 is 85.8. The molecule has 0 spiro atoms. The van der Waals surface area contributed by atoms with Crippen LogP contribution in [0.15, 0.2) is 72.9 Å². The van der Waals surface area contributed by atoms with Gasteiger partial charge in [0.05, 0.1) is 29.4 Å². The van der Waals surface area contributed by atoms with Crippen LogP contribution in [0.3, 0.4) is 0 Å². The molecule has 0 aliphatic heterocycles. The summed E-state index contributed by atoms with van der Waals surface area (Å²) in [4.78, 5) is 17.4. The van der Waals surface area contributed by atoms with Crippen LogP contribution in [-0.4, -0.2) is 17.4 Å². The number of rotatable bonds is 7. The maximum atomic E-state index is 15.0. The van der Waals surface area contributed by atoms with Crippen LogP contribution >= 0.6 is 0 Å². The Labute approximate surface area is 207 Å². The van der Waals surface area contributed by atoms with E-state index in [0.717, 1.165) is 18.2 Å². The summed E-state index contributed by atoms with van der Waals surface area (Å²) in [6.07, 6.45) is -7.78. The Morgan fingerprint density at radius 2 is 1.76 bits per heavy atom. The third-order valence-corrected chi connectivity index (χ3v) is 5.68. The van der Waals surface area contributed by atoms with E-state index in [4.69, 9.17) is 4.74 Å². The Morgan fingerprint density at radius 1 is 1.00 bits per heavy atom. The highest BCUT2D eigenvalue weighted by molar-refractivity contribution is 6.08. The fraction of sp³-hybridized carbons (Fsp3) is 0.185. The minimum Gasteiger partial charge on any atom is -0.455 e. The molecule has 4 aromatic rings. The summed E-state index contributed by atoms with van der Waals surface area (Å²) >= 11 is 0. The molecule has 1 N–H and O–H groups in total. The van der Waals surface area contributed by atoms with Crippen molar-refractivity contribution in [3.8, 4) is 11.5 Å². The molecule has 0 saturated carbocycles. The Morgan fingerprint density at radius 3 is 2.46 bits per heavy atom. The highest BCUT2D eigenvalue weighted by Gasteiger charge is 2.31. The summed E-state index contributed by atoms with van der Waals surface area (Å²) in [5.41, 5.74) is -0.346. The number of hydrogen-bond donors (Lipinski definition) is 1. The fourth-order valence-electron chi connectivity index (χ4n) is 3.86. The topological polar surface area (TPSA) is 51.2 Å². The van der Waals surface area contributed by atoms with Gasteiger partial charge in [-0.25, -0.2) is 13.2 Å². The first kappa shape index (κ1) is 26.0. The first-order chi connectivity index (χ1) is 17.5. The predicted octanol–water partition coefficient (Wildman–Crippen LogP) is 7.73. The number of fused-ring (bicyclic) bond motifs is 1. The number of amides is 1. The summed E-state index contributed by atoms with van der Waals surface area (Å²) in [7, 11) is 0. The van der Waals surface area contributed by atoms with Gasteiger partial charge in [-0.1, -0.05) is 42.5 Å². The van der Waals surface area contributed by atoms with Crippen LogP contribution in [0.2, 0.25) is 0 Å². The number of benzene rings is 3. The van der Waals surface area contributed by atoms with Gasteiger partial charge >= 0.3 is 6.18 Å². The van der Waals surface area contributed by atoms with E-state index in [-0.39, 0.29) is 28.2 Å². The average molecular weight is 518 g/mol. The van der Waals surface area contributed by atoms with E-state index >= 15 is 0 Å². The lowest BCUT2D eigenvalue weighted by Gasteiger charge is -2.16. The molecule has 0 saturated heterocycles. The summed E-state index contributed by atoms with van der Waals surface area (Å²) in [6, 6.07) is 14.2. The second-order valence-corrected chi connectivity index (χ2v) is 8.24. The van der Waals surface area contributed by atoms with Crippen LogP contribution in [0.1, 0.15) is 45.2 Å². The van der Waals surface area contributed by atoms with E-state index in [2.05, 4.69) is 10.3 Å². The number of carbonyl (C=O) groups is 1. The third-order valence-electron chi connectivity index (χ3n) is 5.68.